The minimum Gasteiger partial charge on any atom is -0.480 e. The third kappa shape index (κ3) is 4.05. The number of hydrogen-bond donors (Lipinski definition) is 2. The van der Waals surface area contributed by atoms with Gasteiger partial charge >= 0.3 is 5.97 Å². The van der Waals surface area contributed by atoms with Gasteiger partial charge in [0.25, 0.3) is 0 Å². The van der Waals surface area contributed by atoms with Gasteiger partial charge in [0.1, 0.15) is 6.04 Å². The quantitative estimate of drug-likeness (QED) is 0.792. The van der Waals surface area contributed by atoms with E-state index < -0.39 is 12.0 Å². The van der Waals surface area contributed by atoms with Crippen molar-refractivity contribution in [1.82, 2.24) is 5.32 Å². The molecule has 1 aliphatic carbocycles. The fourth-order valence-corrected chi connectivity index (χ4v) is 3.01. The molecule has 98 valence electrons. The van der Waals surface area contributed by atoms with Crippen molar-refractivity contribution in [2.24, 2.45) is 0 Å². The average Bonchev–Trinajstić information content (AvgIpc) is 3.12. The SMILES string of the molecule is O=C(O)C(CSc1cc(Cl)ccc1Cl)NC1CC1. The number of thioether (sulfide) groups is 1. The molecule has 1 aromatic rings. The molecule has 2 N–H and O–H groups in total. The largest absolute Gasteiger partial charge is 0.480 e. The molecule has 1 aliphatic rings. The minimum atomic E-state index is -0.826. The van der Waals surface area contributed by atoms with Gasteiger partial charge < -0.3 is 10.4 Å². The molecule has 0 heterocycles. The van der Waals surface area contributed by atoms with Gasteiger partial charge in [0.05, 0.1) is 5.02 Å². The Morgan fingerprint density at radius 2 is 2.22 bits per heavy atom. The van der Waals surface area contributed by atoms with Gasteiger partial charge in [0, 0.05) is 21.7 Å². The van der Waals surface area contributed by atoms with Crippen LogP contribution < -0.4 is 5.32 Å². The van der Waals surface area contributed by atoms with Crippen LogP contribution in [0.2, 0.25) is 10.0 Å². The lowest BCUT2D eigenvalue weighted by Gasteiger charge is -2.14. The number of aliphatic carboxylic acids is 1. The average molecular weight is 306 g/mol. The molecule has 1 atom stereocenters. The van der Waals surface area contributed by atoms with Gasteiger partial charge in [-0.3, -0.25) is 4.79 Å². The minimum absolute atomic E-state index is 0.363. The van der Waals surface area contributed by atoms with E-state index in [1.165, 1.54) is 11.8 Å². The second kappa shape index (κ2) is 6.15. The predicted molar refractivity (Wildman–Crippen MR) is 74.8 cm³/mol. The van der Waals surface area contributed by atoms with Crippen molar-refractivity contribution < 1.29 is 9.90 Å². The van der Waals surface area contributed by atoms with E-state index in [4.69, 9.17) is 28.3 Å². The van der Waals surface area contributed by atoms with Gasteiger partial charge in [-0.2, -0.15) is 0 Å². The molecule has 0 amide bonds. The van der Waals surface area contributed by atoms with E-state index in [0.29, 0.717) is 21.8 Å². The molecule has 1 fully saturated rings. The van der Waals surface area contributed by atoms with Crippen LogP contribution in [0.15, 0.2) is 23.1 Å². The zero-order valence-electron chi connectivity index (χ0n) is 9.53. The summed E-state index contributed by atoms with van der Waals surface area (Å²) in [7, 11) is 0. The number of halogens is 2. The Balaban J connectivity index is 1.95. The molecule has 0 radical (unpaired) electrons. The lowest BCUT2D eigenvalue weighted by atomic mass is 10.3. The normalized spacial score (nSPS) is 16.6. The monoisotopic (exact) mass is 305 g/mol. The summed E-state index contributed by atoms with van der Waals surface area (Å²) in [5, 5.41) is 13.4. The van der Waals surface area contributed by atoms with Crippen LogP contribution in [0.4, 0.5) is 0 Å². The predicted octanol–water partition coefficient (Wildman–Crippen LogP) is 3.29. The molecule has 0 spiro atoms. The van der Waals surface area contributed by atoms with Gasteiger partial charge in [0.2, 0.25) is 0 Å². The third-order valence-corrected chi connectivity index (χ3v) is 4.44. The standard InChI is InChI=1S/C12H13Cl2NO2S/c13-7-1-4-9(14)11(5-7)18-6-10(12(16)17)15-8-2-3-8/h1,4-5,8,10,15H,2-3,6H2,(H,16,17). The highest BCUT2D eigenvalue weighted by atomic mass is 35.5. The maximum Gasteiger partial charge on any atom is 0.321 e. The Bertz CT molecular complexity index is 452. The molecule has 6 heteroatoms. The van der Waals surface area contributed by atoms with Crippen LogP contribution in [0.3, 0.4) is 0 Å². The van der Waals surface area contributed by atoms with E-state index in [-0.39, 0.29) is 0 Å². The van der Waals surface area contributed by atoms with Crippen LogP contribution in [0.1, 0.15) is 12.8 Å². The molecular weight excluding hydrogens is 293 g/mol. The van der Waals surface area contributed by atoms with Crippen LogP contribution in [-0.2, 0) is 4.79 Å². The van der Waals surface area contributed by atoms with Crippen LogP contribution in [0, 0.1) is 0 Å². The van der Waals surface area contributed by atoms with Gasteiger partial charge in [-0.15, -0.1) is 11.8 Å². The fraction of sp³-hybridized carbons (Fsp3) is 0.417. The van der Waals surface area contributed by atoms with Crippen molar-refractivity contribution in [3.8, 4) is 0 Å². The molecule has 0 aromatic heterocycles. The number of carbonyl (C=O) groups is 1. The van der Waals surface area contributed by atoms with E-state index in [2.05, 4.69) is 5.32 Å². The maximum atomic E-state index is 11.1. The van der Waals surface area contributed by atoms with Crippen molar-refractivity contribution in [2.45, 2.75) is 29.8 Å². The Morgan fingerprint density at radius 1 is 1.50 bits per heavy atom. The molecular formula is C12H13Cl2NO2S. The topological polar surface area (TPSA) is 49.3 Å². The van der Waals surface area contributed by atoms with Crippen LogP contribution in [-0.4, -0.2) is 28.9 Å². The first-order valence-electron chi connectivity index (χ1n) is 5.63. The summed E-state index contributed by atoms with van der Waals surface area (Å²) in [6, 6.07) is 5.01. The van der Waals surface area contributed by atoms with Gasteiger partial charge in [-0.1, -0.05) is 23.2 Å². The highest BCUT2D eigenvalue weighted by Crippen LogP contribution is 2.30. The second-order valence-electron chi connectivity index (χ2n) is 4.22. The first kappa shape index (κ1) is 14.0. The number of hydrogen-bond acceptors (Lipinski definition) is 3. The van der Waals surface area contributed by atoms with Crippen LogP contribution >= 0.6 is 35.0 Å². The van der Waals surface area contributed by atoms with Crippen molar-refractivity contribution in [1.29, 1.82) is 0 Å². The Labute approximate surface area is 120 Å². The van der Waals surface area contributed by atoms with E-state index in [1.54, 1.807) is 18.2 Å². The summed E-state index contributed by atoms with van der Waals surface area (Å²) in [5.74, 6) is -0.390. The molecule has 3 nitrogen and oxygen atoms in total. The van der Waals surface area contributed by atoms with Crippen molar-refractivity contribution >= 4 is 40.9 Å². The Kier molecular flexibility index (Phi) is 4.78. The molecule has 0 aliphatic heterocycles. The van der Waals surface area contributed by atoms with E-state index >= 15 is 0 Å². The van der Waals surface area contributed by atoms with E-state index in [1.807, 2.05) is 0 Å². The summed E-state index contributed by atoms with van der Waals surface area (Å²) in [6.07, 6.45) is 2.12. The summed E-state index contributed by atoms with van der Waals surface area (Å²) >= 11 is 13.3. The molecule has 1 unspecified atom stereocenters. The van der Waals surface area contributed by atoms with Crippen LogP contribution in [0.25, 0.3) is 0 Å². The summed E-state index contributed by atoms with van der Waals surface area (Å²) in [6.45, 7) is 0. The van der Waals surface area contributed by atoms with E-state index in [0.717, 1.165) is 17.7 Å². The molecule has 18 heavy (non-hydrogen) atoms. The summed E-state index contributed by atoms with van der Waals surface area (Å²) in [5.41, 5.74) is 0. The van der Waals surface area contributed by atoms with Crippen LogP contribution in [0.5, 0.6) is 0 Å². The number of benzene rings is 1. The highest BCUT2D eigenvalue weighted by molar-refractivity contribution is 7.99. The van der Waals surface area contributed by atoms with E-state index in [9.17, 15) is 4.79 Å². The third-order valence-electron chi connectivity index (χ3n) is 2.61. The van der Waals surface area contributed by atoms with Gasteiger partial charge in [-0.25, -0.2) is 0 Å². The van der Waals surface area contributed by atoms with Gasteiger partial charge in [-0.05, 0) is 31.0 Å². The maximum absolute atomic E-state index is 11.1. The molecule has 2 rings (SSSR count). The lowest BCUT2D eigenvalue weighted by molar-refractivity contribution is -0.138. The zero-order valence-corrected chi connectivity index (χ0v) is 11.9. The summed E-state index contributed by atoms with van der Waals surface area (Å²) < 4.78 is 0. The van der Waals surface area contributed by atoms with Crippen molar-refractivity contribution in [3.63, 3.8) is 0 Å². The molecule has 0 bridgehead atoms. The van der Waals surface area contributed by atoms with Gasteiger partial charge in [0.15, 0.2) is 0 Å². The smallest absolute Gasteiger partial charge is 0.321 e. The zero-order chi connectivity index (χ0) is 13.1. The molecule has 1 aromatic carbocycles. The first-order chi connectivity index (χ1) is 8.56. The number of rotatable bonds is 6. The molecule has 1 saturated carbocycles. The second-order valence-corrected chi connectivity index (χ2v) is 6.12. The highest BCUT2D eigenvalue weighted by Gasteiger charge is 2.28. The molecule has 0 saturated heterocycles. The Morgan fingerprint density at radius 3 is 2.83 bits per heavy atom. The summed E-state index contributed by atoms with van der Waals surface area (Å²) in [4.78, 5) is 11.9. The number of carboxylic acids is 1. The van der Waals surface area contributed by atoms with Crippen molar-refractivity contribution in [3.05, 3.63) is 28.2 Å². The van der Waals surface area contributed by atoms with Crippen molar-refractivity contribution in [2.75, 3.05) is 5.75 Å². The lowest BCUT2D eigenvalue weighted by Crippen LogP contribution is -2.40. The Hall–Kier alpha value is -0.420. The fourth-order valence-electron chi connectivity index (χ4n) is 1.49. The number of nitrogens with one attached hydrogen (secondary N) is 1. The first-order valence-corrected chi connectivity index (χ1v) is 7.37. The number of carboxylic acid groups (broad SMARTS) is 1.